The van der Waals surface area contributed by atoms with E-state index in [1.807, 2.05) is 13.8 Å². The minimum absolute atomic E-state index is 0.0384. The summed E-state index contributed by atoms with van der Waals surface area (Å²) in [5.41, 5.74) is 0.278. The Morgan fingerprint density at radius 2 is 1.83 bits per heavy atom. The van der Waals surface area contributed by atoms with E-state index in [0.717, 1.165) is 0 Å². The number of hydrogen-bond donors (Lipinski definition) is 1. The highest BCUT2D eigenvalue weighted by molar-refractivity contribution is 7.91. The first-order valence-corrected chi connectivity index (χ1v) is 10.7. The molecule has 2 aromatic carbocycles. The maximum atomic E-state index is 13.3. The first kappa shape index (κ1) is 19.9. The van der Waals surface area contributed by atoms with Crippen LogP contribution in [-0.2, 0) is 9.84 Å². The van der Waals surface area contributed by atoms with Gasteiger partial charge < -0.3 is 9.47 Å². The Morgan fingerprint density at radius 1 is 1.10 bits per heavy atom. The maximum absolute atomic E-state index is 13.3. The molecule has 2 aromatic heterocycles. The third-order valence-corrected chi connectivity index (χ3v) is 6.42. The summed E-state index contributed by atoms with van der Waals surface area (Å²) in [5.74, 6) is 1.08. The summed E-state index contributed by atoms with van der Waals surface area (Å²) < 4.78 is 38.9. The Hall–Kier alpha value is -3.40. The first-order valence-electron chi connectivity index (χ1n) is 9.19. The standard InChI is InChI=1S/C20H20N4O5S/c1-11(2)29-14-6-8-17(12(3)9-14)30(26,27)20-18-21-19(25)15-7-5-13(28-4)10-16(15)24(18)23-22-20/h5-11,23H,1-4H3. The van der Waals surface area contributed by atoms with Crippen LogP contribution >= 0.6 is 0 Å². The third-order valence-electron chi connectivity index (χ3n) is 4.60. The number of methoxy groups -OCH3 is 1. The first-order chi connectivity index (χ1) is 14.2. The van der Waals surface area contributed by atoms with E-state index in [-0.39, 0.29) is 21.7 Å². The molecule has 9 nitrogen and oxygen atoms in total. The second-order valence-electron chi connectivity index (χ2n) is 7.07. The summed E-state index contributed by atoms with van der Waals surface area (Å²) in [4.78, 5) is 16.5. The number of nitrogens with zero attached hydrogens (tertiary/aromatic N) is 3. The molecule has 0 aliphatic rings. The van der Waals surface area contributed by atoms with Gasteiger partial charge in [0.25, 0.3) is 5.56 Å². The van der Waals surface area contributed by atoms with Gasteiger partial charge in [-0.1, -0.05) is 0 Å². The van der Waals surface area contributed by atoms with Crippen LogP contribution < -0.4 is 15.0 Å². The fraction of sp³-hybridized carbons (Fsp3) is 0.250. The number of ether oxygens (including phenoxy) is 2. The Kier molecular flexibility index (Phi) is 4.73. The minimum Gasteiger partial charge on any atom is -0.497 e. The summed E-state index contributed by atoms with van der Waals surface area (Å²) in [6, 6.07) is 9.54. The number of H-pyrrole nitrogens is 1. The largest absolute Gasteiger partial charge is 0.497 e. The zero-order valence-electron chi connectivity index (χ0n) is 16.8. The van der Waals surface area contributed by atoms with Gasteiger partial charge in [-0.2, -0.15) is 4.98 Å². The van der Waals surface area contributed by atoms with E-state index < -0.39 is 15.4 Å². The highest BCUT2D eigenvalue weighted by atomic mass is 32.2. The summed E-state index contributed by atoms with van der Waals surface area (Å²) in [6.45, 7) is 5.45. The number of rotatable bonds is 5. The van der Waals surface area contributed by atoms with Crippen molar-refractivity contribution in [3.05, 3.63) is 52.3 Å². The molecule has 4 aromatic rings. The molecule has 2 heterocycles. The zero-order valence-corrected chi connectivity index (χ0v) is 17.6. The van der Waals surface area contributed by atoms with Crippen molar-refractivity contribution in [2.75, 3.05) is 7.11 Å². The van der Waals surface area contributed by atoms with Crippen molar-refractivity contribution in [2.24, 2.45) is 0 Å². The van der Waals surface area contributed by atoms with Crippen LogP contribution in [0.4, 0.5) is 0 Å². The molecule has 0 amide bonds. The van der Waals surface area contributed by atoms with Crippen molar-refractivity contribution in [1.82, 2.24) is 19.8 Å². The Morgan fingerprint density at radius 3 is 2.50 bits per heavy atom. The zero-order chi connectivity index (χ0) is 21.6. The molecular weight excluding hydrogens is 408 g/mol. The predicted molar refractivity (Wildman–Crippen MR) is 110 cm³/mol. The number of sulfone groups is 1. The molecule has 0 aliphatic carbocycles. The van der Waals surface area contributed by atoms with Gasteiger partial charge in [0.15, 0.2) is 5.65 Å². The number of aromatic amines is 1. The molecule has 0 fully saturated rings. The van der Waals surface area contributed by atoms with Gasteiger partial charge in [-0.15, -0.1) is 5.10 Å². The number of fused-ring (bicyclic) bond motifs is 3. The van der Waals surface area contributed by atoms with E-state index in [2.05, 4.69) is 15.3 Å². The molecular formula is C20H20N4O5S. The van der Waals surface area contributed by atoms with Gasteiger partial charge in [0.1, 0.15) is 11.5 Å². The molecule has 0 saturated heterocycles. The molecule has 0 aliphatic heterocycles. The smallest absolute Gasteiger partial charge is 0.281 e. The molecule has 0 radical (unpaired) electrons. The number of aryl methyl sites for hydroxylation is 1. The molecule has 0 unspecified atom stereocenters. The molecule has 0 saturated carbocycles. The monoisotopic (exact) mass is 428 g/mol. The van der Waals surface area contributed by atoms with E-state index in [1.165, 1.54) is 17.7 Å². The average molecular weight is 428 g/mol. The van der Waals surface area contributed by atoms with Gasteiger partial charge in [0.05, 0.1) is 29.0 Å². The molecule has 0 bridgehead atoms. The fourth-order valence-corrected chi connectivity index (χ4v) is 4.74. The van der Waals surface area contributed by atoms with E-state index in [9.17, 15) is 13.2 Å². The van der Waals surface area contributed by atoms with E-state index in [1.54, 1.807) is 37.3 Å². The summed E-state index contributed by atoms with van der Waals surface area (Å²) in [6.07, 6.45) is -0.0384. The maximum Gasteiger partial charge on any atom is 0.281 e. The molecule has 1 N–H and O–H groups in total. The van der Waals surface area contributed by atoms with Crippen molar-refractivity contribution in [2.45, 2.75) is 36.8 Å². The van der Waals surface area contributed by atoms with Gasteiger partial charge in [0, 0.05) is 6.07 Å². The second-order valence-corrected chi connectivity index (χ2v) is 8.91. The summed E-state index contributed by atoms with van der Waals surface area (Å²) >= 11 is 0. The summed E-state index contributed by atoms with van der Waals surface area (Å²) in [7, 11) is -2.55. The van der Waals surface area contributed by atoms with E-state index in [4.69, 9.17) is 9.47 Å². The van der Waals surface area contributed by atoms with Crippen molar-refractivity contribution in [3.63, 3.8) is 0 Å². The Bertz CT molecular complexity index is 1440. The van der Waals surface area contributed by atoms with Crippen molar-refractivity contribution in [1.29, 1.82) is 0 Å². The molecule has 10 heteroatoms. The lowest BCUT2D eigenvalue weighted by Crippen LogP contribution is -2.12. The third kappa shape index (κ3) is 3.18. The van der Waals surface area contributed by atoms with Gasteiger partial charge in [0.2, 0.25) is 14.9 Å². The normalized spacial score (nSPS) is 12.0. The molecule has 156 valence electrons. The van der Waals surface area contributed by atoms with E-state index >= 15 is 0 Å². The fourth-order valence-electron chi connectivity index (χ4n) is 3.27. The number of benzene rings is 2. The number of hydrogen-bond acceptors (Lipinski definition) is 7. The predicted octanol–water partition coefficient (Wildman–Crippen LogP) is 2.51. The highest BCUT2D eigenvalue weighted by Crippen LogP contribution is 2.29. The lowest BCUT2D eigenvalue weighted by Gasteiger charge is -2.12. The van der Waals surface area contributed by atoms with Crippen molar-refractivity contribution < 1.29 is 17.9 Å². The lowest BCUT2D eigenvalue weighted by molar-refractivity contribution is 0.242. The van der Waals surface area contributed by atoms with Crippen LogP contribution in [0.5, 0.6) is 11.5 Å². The molecule has 30 heavy (non-hydrogen) atoms. The highest BCUT2D eigenvalue weighted by Gasteiger charge is 2.28. The number of aromatic nitrogens is 4. The van der Waals surface area contributed by atoms with Gasteiger partial charge in [-0.25, -0.2) is 18.1 Å². The van der Waals surface area contributed by atoms with Crippen molar-refractivity contribution in [3.8, 4) is 11.5 Å². The Balaban J connectivity index is 1.92. The summed E-state index contributed by atoms with van der Waals surface area (Å²) in [5, 5.41) is 6.61. The Labute approximate surface area is 172 Å². The van der Waals surface area contributed by atoms with Gasteiger partial charge in [-0.3, -0.25) is 4.79 Å². The van der Waals surface area contributed by atoms with E-state index in [0.29, 0.717) is 28.0 Å². The SMILES string of the molecule is COc1ccc2c(=O)nc3c(S(=O)(=O)c4ccc(OC(C)C)cc4C)n[nH]n3c2c1. The molecule has 4 rings (SSSR count). The molecule has 0 atom stereocenters. The van der Waals surface area contributed by atoms with Crippen LogP contribution in [0.2, 0.25) is 0 Å². The van der Waals surface area contributed by atoms with Gasteiger partial charge in [-0.05, 0) is 56.7 Å². The van der Waals surface area contributed by atoms with Crippen LogP contribution in [-0.4, -0.2) is 41.4 Å². The van der Waals surface area contributed by atoms with Gasteiger partial charge >= 0.3 is 0 Å². The second kappa shape index (κ2) is 7.13. The average Bonchev–Trinajstić information content (AvgIpc) is 3.12. The topological polar surface area (TPSA) is 116 Å². The molecule has 0 spiro atoms. The number of nitrogens with one attached hydrogen (secondary N) is 1. The van der Waals surface area contributed by atoms with Crippen LogP contribution in [0, 0.1) is 6.92 Å². The minimum atomic E-state index is -4.05. The van der Waals surface area contributed by atoms with Crippen LogP contribution in [0.15, 0.2) is 51.1 Å². The quantitative estimate of drug-likeness (QED) is 0.519. The lowest BCUT2D eigenvalue weighted by atomic mass is 10.2. The van der Waals surface area contributed by atoms with Crippen LogP contribution in [0.25, 0.3) is 16.6 Å². The van der Waals surface area contributed by atoms with Crippen LogP contribution in [0.3, 0.4) is 0 Å². The van der Waals surface area contributed by atoms with Crippen molar-refractivity contribution >= 4 is 26.4 Å². The van der Waals surface area contributed by atoms with Crippen LogP contribution in [0.1, 0.15) is 19.4 Å².